The van der Waals surface area contributed by atoms with Crippen LogP contribution in [-0.4, -0.2) is 43.1 Å². The molecule has 2 amide bonds. The van der Waals surface area contributed by atoms with Gasteiger partial charge in [-0.3, -0.25) is 14.8 Å². The standard InChI is InChI=1S/C25H34N2O6/c1-3-31-16-32-15-21(26-24(28)18-10-8-17(2)9-11-18)13-19(25(29)27-30)12-20-14-33-23-7-5-4-6-22(20)23/h4-8,14,18-19,21,30H,3,9-13,15-16H2,1-2H3,(H,26,28)(H,27,29)/t18?,19-,21-/m0/s1. The summed E-state index contributed by atoms with van der Waals surface area (Å²) in [6.45, 7) is 4.79. The average molecular weight is 459 g/mol. The van der Waals surface area contributed by atoms with E-state index in [0.29, 0.717) is 25.9 Å². The highest BCUT2D eigenvalue weighted by atomic mass is 16.7. The van der Waals surface area contributed by atoms with Gasteiger partial charge in [-0.2, -0.15) is 0 Å². The number of ether oxygens (including phenoxy) is 2. The summed E-state index contributed by atoms with van der Waals surface area (Å²) in [5, 5.41) is 13.3. The number of amides is 2. The molecule has 33 heavy (non-hydrogen) atoms. The SMILES string of the molecule is CCOCOC[C@H](C[C@H](Cc1coc2ccccc12)C(=O)NO)NC(=O)C1CC=C(C)CC1. The normalized spacial score (nSPS) is 17.9. The zero-order valence-electron chi connectivity index (χ0n) is 19.3. The Bertz CT molecular complexity index is 953. The fourth-order valence-electron chi connectivity index (χ4n) is 4.20. The van der Waals surface area contributed by atoms with Gasteiger partial charge in [0.15, 0.2) is 0 Å². The summed E-state index contributed by atoms with van der Waals surface area (Å²) in [5.74, 6) is -1.24. The molecule has 1 aromatic carbocycles. The van der Waals surface area contributed by atoms with Crippen LogP contribution in [-0.2, 0) is 25.5 Å². The number of para-hydroxylation sites is 1. The zero-order valence-corrected chi connectivity index (χ0v) is 19.3. The van der Waals surface area contributed by atoms with Crippen LogP contribution in [0, 0.1) is 11.8 Å². The van der Waals surface area contributed by atoms with Gasteiger partial charge < -0.3 is 19.2 Å². The molecule has 0 saturated carbocycles. The molecule has 8 heteroatoms. The summed E-state index contributed by atoms with van der Waals surface area (Å²) in [6.07, 6.45) is 6.83. The number of carbonyl (C=O) groups is 2. The first-order valence-corrected chi connectivity index (χ1v) is 11.5. The van der Waals surface area contributed by atoms with Gasteiger partial charge in [0.05, 0.1) is 18.9 Å². The second-order valence-electron chi connectivity index (χ2n) is 8.58. The molecule has 1 aliphatic rings. The van der Waals surface area contributed by atoms with Crippen LogP contribution in [0.15, 0.2) is 46.6 Å². The lowest BCUT2D eigenvalue weighted by molar-refractivity contribution is -0.135. The molecule has 3 atom stereocenters. The number of fused-ring (bicyclic) bond motifs is 1. The fraction of sp³-hybridized carbons (Fsp3) is 0.520. The van der Waals surface area contributed by atoms with Gasteiger partial charge in [-0.25, -0.2) is 5.48 Å². The van der Waals surface area contributed by atoms with E-state index in [1.165, 1.54) is 5.57 Å². The molecule has 0 saturated heterocycles. The third-order valence-electron chi connectivity index (χ3n) is 6.12. The first kappa shape index (κ1) is 25.0. The minimum absolute atomic E-state index is 0.0410. The van der Waals surface area contributed by atoms with E-state index in [2.05, 4.69) is 18.3 Å². The lowest BCUT2D eigenvalue weighted by atomic mass is 9.88. The summed E-state index contributed by atoms with van der Waals surface area (Å²) in [6, 6.07) is 7.19. The average Bonchev–Trinajstić information content (AvgIpc) is 3.24. The fourth-order valence-corrected chi connectivity index (χ4v) is 4.20. The van der Waals surface area contributed by atoms with Crippen LogP contribution in [0.25, 0.3) is 11.0 Å². The van der Waals surface area contributed by atoms with E-state index in [-0.39, 0.29) is 25.2 Å². The summed E-state index contributed by atoms with van der Waals surface area (Å²) in [4.78, 5) is 25.5. The van der Waals surface area contributed by atoms with Crippen LogP contribution in [0.4, 0.5) is 0 Å². The molecule has 2 aromatic rings. The van der Waals surface area contributed by atoms with E-state index in [1.807, 2.05) is 31.2 Å². The molecule has 0 radical (unpaired) electrons. The van der Waals surface area contributed by atoms with Crippen molar-refractivity contribution in [2.75, 3.05) is 20.0 Å². The van der Waals surface area contributed by atoms with Crippen molar-refractivity contribution in [3.8, 4) is 0 Å². The Morgan fingerprint density at radius 1 is 1.27 bits per heavy atom. The highest BCUT2D eigenvalue weighted by molar-refractivity contribution is 5.83. The van der Waals surface area contributed by atoms with Gasteiger partial charge in [0.1, 0.15) is 12.4 Å². The maximum atomic E-state index is 12.9. The molecule has 1 heterocycles. The predicted molar refractivity (Wildman–Crippen MR) is 123 cm³/mol. The first-order valence-electron chi connectivity index (χ1n) is 11.5. The summed E-state index contributed by atoms with van der Waals surface area (Å²) >= 11 is 0. The van der Waals surface area contributed by atoms with E-state index in [0.717, 1.165) is 29.4 Å². The Kier molecular flexibility index (Phi) is 9.47. The number of nitrogens with one attached hydrogen (secondary N) is 2. The van der Waals surface area contributed by atoms with Crippen molar-refractivity contribution in [3.63, 3.8) is 0 Å². The number of hydroxylamine groups is 1. The molecule has 1 aromatic heterocycles. The van der Waals surface area contributed by atoms with Gasteiger partial charge in [0.2, 0.25) is 11.8 Å². The summed E-state index contributed by atoms with van der Waals surface area (Å²) in [7, 11) is 0. The Morgan fingerprint density at radius 2 is 2.09 bits per heavy atom. The lowest BCUT2D eigenvalue weighted by Gasteiger charge is -2.26. The third-order valence-corrected chi connectivity index (χ3v) is 6.12. The molecule has 0 spiro atoms. The highest BCUT2D eigenvalue weighted by Crippen LogP contribution is 2.26. The van der Waals surface area contributed by atoms with Gasteiger partial charge in [0, 0.05) is 23.8 Å². The number of hydrogen-bond acceptors (Lipinski definition) is 6. The van der Waals surface area contributed by atoms with Crippen molar-refractivity contribution in [2.24, 2.45) is 11.8 Å². The minimum atomic E-state index is -0.592. The second kappa shape index (κ2) is 12.5. The number of furan rings is 1. The summed E-state index contributed by atoms with van der Waals surface area (Å²) < 4.78 is 16.5. The first-order chi connectivity index (χ1) is 16.0. The van der Waals surface area contributed by atoms with Crippen molar-refractivity contribution >= 4 is 22.8 Å². The smallest absolute Gasteiger partial charge is 0.246 e. The van der Waals surface area contributed by atoms with Gasteiger partial charge in [-0.15, -0.1) is 0 Å². The molecule has 1 unspecified atom stereocenters. The van der Waals surface area contributed by atoms with Crippen LogP contribution in [0.1, 0.15) is 45.1 Å². The van der Waals surface area contributed by atoms with E-state index in [9.17, 15) is 14.8 Å². The predicted octanol–water partition coefficient (Wildman–Crippen LogP) is 3.73. The van der Waals surface area contributed by atoms with Crippen molar-refractivity contribution in [1.82, 2.24) is 10.8 Å². The molecule has 3 rings (SSSR count). The molecule has 1 aliphatic carbocycles. The molecule has 0 bridgehead atoms. The van der Waals surface area contributed by atoms with Gasteiger partial charge in [-0.1, -0.05) is 29.8 Å². The molecule has 3 N–H and O–H groups in total. The van der Waals surface area contributed by atoms with E-state index >= 15 is 0 Å². The third kappa shape index (κ3) is 7.15. The van der Waals surface area contributed by atoms with Crippen LogP contribution in [0.3, 0.4) is 0 Å². The number of carbonyl (C=O) groups excluding carboxylic acids is 2. The van der Waals surface area contributed by atoms with Crippen molar-refractivity contribution in [1.29, 1.82) is 0 Å². The second-order valence-corrected chi connectivity index (χ2v) is 8.58. The van der Waals surface area contributed by atoms with Crippen LogP contribution >= 0.6 is 0 Å². The molecule has 8 nitrogen and oxygen atoms in total. The topological polar surface area (TPSA) is 110 Å². The number of hydrogen-bond donors (Lipinski definition) is 3. The molecule has 0 fully saturated rings. The van der Waals surface area contributed by atoms with E-state index in [4.69, 9.17) is 13.9 Å². The van der Waals surface area contributed by atoms with Gasteiger partial charge in [0.25, 0.3) is 0 Å². The van der Waals surface area contributed by atoms with Crippen LogP contribution in [0.5, 0.6) is 0 Å². The Balaban J connectivity index is 1.71. The lowest BCUT2D eigenvalue weighted by Crippen LogP contribution is -2.45. The molecular formula is C25H34N2O6. The number of benzene rings is 1. The monoisotopic (exact) mass is 458 g/mol. The highest BCUT2D eigenvalue weighted by Gasteiger charge is 2.28. The number of rotatable bonds is 12. The minimum Gasteiger partial charge on any atom is -0.464 e. The van der Waals surface area contributed by atoms with Crippen LogP contribution in [0.2, 0.25) is 0 Å². The molecule has 180 valence electrons. The zero-order chi connectivity index (χ0) is 23.6. The van der Waals surface area contributed by atoms with E-state index in [1.54, 1.807) is 11.7 Å². The van der Waals surface area contributed by atoms with Crippen molar-refractivity contribution in [3.05, 3.63) is 47.7 Å². The molecular weight excluding hydrogens is 424 g/mol. The number of allylic oxidation sites excluding steroid dienone is 2. The van der Waals surface area contributed by atoms with Crippen LogP contribution < -0.4 is 10.8 Å². The quantitative estimate of drug-likeness (QED) is 0.147. The van der Waals surface area contributed by atoms with Gasteiger partial charge >= 0.3 is 0 Å². The van der Waals surface area contributed by atoms with Crippen molar-refractivity contribution in [2.45, 2.75) is 52.0 Å². The van der Waals surface area contributed by atoms with Crippen molar-refractivity contribution < 1.29 is 28.7 Å². The summed E-state index contributed by atoms with van der Waals surface area (Å²) in [5.41, 5.74) is 4.69. The maximum absolute atomic E-state index is 12.9. The van der Waals surface area contributed by atoms with E-state index < -0.39 is 17.9 Å². The molecule has 0 aliphatic heterocycles. The largest absolute Gasteiger partial charge is 0.464 e. The Morgan fingerprint density at radius 3 is 2.82 bits per heavy atom. The Hall–Kier alpha value is -2.68. The maximum Gasteiger partial charge on any atom is 0.246 e. The van der Waals surface area contributed by atoms with Gasteiger partial charge in [-0.05, 0) is 57.6 Å². The Labute approximate surface area is 194 Å².